The maximum absolute atomic E-state index is 13.5. The van der Waals surface area contributed by atoms with E-state index in [1.165, 1.54) is 28.8 Å². The first-order chi connectivity index (χ1) is 16.9. The molecular weight excluding hydrogens is 490 g/mol. The Labute approximate surface area is 206 Å². The lowest BCUT2D eigenvalue weighted by Gasteiger charge is -2.12. The van der Waals surface area contributed by atoms with Crippen LogP contribution in [-0.4, -0.2) is 31.1 Å². The number of nitro benzene ring substituents is 1. The first-order valence-electron chi connectivity index (χ1n) is 10.4. The number of anilines is 1. The zero-order valence-electron chi connectivity index (χ0n) is 17.9. The quantitative estimate of drug-likeness (QED) is 0.142. The third-order valence-corrected chi connectivity index (χ3v) is 6.46. The Morgan fingerprint density at radius 1 is 1.09 bits per heavy atom. The van der Waals surface area contributed by atoms with Gasteiger partial charge in [-0.2, -0.15) is 0 Å². The average molecular weight is 506 g/mol. The molecule has 2 aromatic heterocycles. The molecule has 0 atom stereocenters. The Morgan fingerprint density at radius 2 is 1.80 bits per heavy atom. The van der Waals surface area contributed by atoms with E-state index in [9.17, 15) is 19.7 Å². The Balaban J connectivity index is 1.50. The number of aromatic nitrogens is 3. The third kappa shape index (κ3) is 4.48. The summed E-state index contributed by atoms with van der Waals surface area (Å²) in [5.41, 5.74) is 2.29. The molecule has 5 aromatic rings. The van der Waals surface area contributed by atoms with E-state index in [-0.39, 0.29) is 22.9 Å². The fourth-order valence-corrected chi connectivity index (χ4v) is 4.58. The van der Waals surface area contributed by atoms with Crippen LogP contribution >= 0.6 is 23.4 Å². The number of benzene rings is 3. The van der Waals surface area contributed by atoms with Crippen LogP contribution in [0.2, 0.25) is 5.02 Å². The summed E-state index contributed by atoms with van der Waals surface area (Å²) in [4.78, 5) is 44.3. The van der Waals surface area contributed by atoms with E-state index in [1.807, 2.05) is 24.3 Å². The minimum Gasteiger partial charge on any atom is -0.349 e. The number of carbonyl (C=O) groups excluding carboxylic acids is 1. The van der Waals surface area contributed by atoms with Gasteiger partial charge in [-0.1, -0.05) is 41.6 Å². The van der Waals surface area contributed by atoms with Crippen molar-refractivity contribution in [1.82, 2.24) is 14.5 Å². The molecule has 0 saturated carbocycles. The number of H-pyrrole nitrogens is 1. The summed E-state index contributed by atoms with van der Waals surface area (Å²) < 4.78 is 1.44. The summed E-state index contributed by atoms with van der Waals surface area (Å²) in [6, 6.07) is 19.8. The zero-order chi connectivity index (χ0) is 24.5. The molecule has 3 aromatic carbocycles. The van der Waals surface area contributed by atoms with Crippen LogP contribution in [0.15, 0.2) is 82.7 Å². The second-order valence-corrected chi connectivity index (χ2v) is 8.93. The molecule has 0 fully saturated rings. The number of fused-ring (bicyclic) bond motifs is 3. The third-order valence-electron chi connectivity index (χ3n) is 5.27. The van der Waals surface area contributed by atoms with Gasteiger partial charge in [0.05, 0.1) is 16.4 Å². The first-order valence-corrected chi connectivity index (χ1v) is 11.7. The number of halogens is 1. The van der Waals surface area contributed by atoms with Crippen LogP contribution in [0.25, 0.3) is 27.6 Å². The second kappa shape index (κ2) is 9.24. The van der Waals surface area contributed by atoms with Crippen molar-refractivity contribution in [3.05, 3.63) is 98.3 Å². The molecule has 0 aliphatic rings. The molecule has 0 unspecified atom stereocenters. The van der Waals surface area contributed by atoms with E-state index in [2.05, 4.69) is 10.3 Å². The largest absolute Gasteiger partial charge is 0.349 e. The highest BCUT2D eigenvalue weighted by Crippen LogP contribution is 2.27. The van der Waals surface area contributed by atoms with E-state index in [0.29, 0.717) is 32.6 Å². The van der Waals surface area contributed by atoms with Gasteiger partial charge in [-0.15, -0.1) is 0 Å². The van der Waals surface area contributed by atoms with Crippen LogP contribution in [0.4, 0.5) is 11.4 Å². The fraction of sp³-hybridized carbons (Fsp3) is 0.0417. The molecule has 35 heavy (non-hydrogen) atoms. The molecule has 0 radical (unpaired) electrons. The lowest BCUT2D eigenvalue weighted by molar-refractivity contribution is -0.384. The lowest BCUT2D eigenvalue weighted by atomic mass is 10.2. The van der Waals surface area contributed by atoms with Crippen LogP contribution in [-0.2, 0) is 4.79 Å². The van der Waals surface area contributed by atoms with Gasteiger partial charge in [0.15, 0.2) is 5.16 Å². The van der Waals surface area contributed by atoms with Gasteiger partial charge in [-0.25, -0.2) is 4.98 Å². The number of rotatable bonds is 6. The fourth-order valence-electron chi connectivity index (χ4n) is 3.65. The first kappa shape index (κ1) is 22.6. The number of hydrogen-bond donors (Lipinski definition) is 2. The molecule has 0 spiro atoms. The molecule has 5 rings (SSSR count). The average Bonchev–Trinajstić information content (AvgIpc) is 3.23. The number of para-hydroxylation sites is 1. The predicted octanol–water partition coefficient (Wildman–Crippen LogP) is 5.16. The van der Waals surface area contributed by atoms with E-state index in [4.69, 9.17) is 16.6 Å². The minimum atomic E-state index is -0.510. The Bertz CT molecular complexity index is 1650. The number of nitrogens with one attached hydrogen (secondary N) is 2. The number of aromatic amines is 1. The molecule has 2 N–H and O–H groups in total. The number of non-ortho nitro benzene ring substituents is 1. The van der Waals surface area contributed by atoms with Crippen LogP contribution in [0, 0.1) is 10.1 Å². The molecule has 0 bridgehead atoms. The summed E-state index contributed by atoms with van der Waals surface area (Å²) in [6.07, 6.45) is 0. The highest BCUT2D eigenvalue weighted by molar-refractivity contribution is 7.99. The highest BCUT2D eigenvalue weighted by Gasteiger charge is 2.18. The number of thioether (sulfide) groups is 1. The van der Waals surface area contributed by atoms with Crippen LogP contribution in [0.3, 0.4) is 0 Å². The molecule has 0 aliphatic carbocycles. The predicted molar refractivity (Wildman–Crippen MR) is 137 cm³/mol. The van der Waals surface area contributed by atoms with E-state index >= 15 is 0 Å². The SMILES string of the molecule is O=C(CSc1nc2c([nH]c3ccccc32)c(=O)n1-c1ccc(Cl)cc1)Nc1ccc([N+](=O)[O-])cc1. The van der Waals surface area contributed by atoms with Crippen molar-refractivity contribution in [2.45, 2.75) is 5.16 Å². The van der Waals surface area contributed by atoms with Crippen LogP contribution in [0.5, 0.6) is 0 Å². The van der Waals surface area contributed by atoms with Crippen LogP contribution in [0.1, 0.15) is 0 Å². The standard InChI is InChI=1S/C24H16ClN5O4S/c25-14-5-9-16(10-6-14)29-23(32)22-21(18-3-1-2-4-19(18)27-22)28-24(29)35-13-20(31)26-15-7-11-17(12-8-15)30(33)34/h1-12,27H,13H2,(H,26,31). The van der Waals surface area contributed by atoms with E-state index < -0.39 is 4.92 Å². The Morgan fingerprint density at radius 3 is 2.51 bits per heavy atom. The number of nitrogens with zero attached hydrogens (tertiary/aromatic N) is 3. The van der Waals surface area contributed by atoms with Crippen molar-refractivity contribution < 1.29 is 9.72 Å². The minimum absolute atomic E-state index is 0.0368. The van der Waals surface area contributed by atoms with Crippen molar-refractivity contribution in [3.63, 3.8) is 0 Å². The molecule has 174 valence electrons. The summed E-state index contributed by atoms with van der Waals surface area (Å²) in [5, 5.41) is 15.2. The van der Waals surface area contributed by atoms with Gasteiger partial charge in [0.25, 0.3) is 11.2 Å². The van der Waals surface area contributed by atoms with Gasteiger partial charge in [-0.05, 0) is 42.5 Å². The monoisotopic (exact) mass is 505 g/mol. The van der Waals surface area contributed by atoms with Gasteiger partial charge < -0.3 is 10.3 Å². The van der Waals surface area contributed by atoms with Crippen molar-refractivity contribution in [3.8, 4) is 5.69 Å². The van der Waals surface area contributed by atoms with Gasteiger partial charge in [0.1, 0.15) is 11.0 Å². The number of carbonyl (C=O) groups is 1. The van der Waals surface area contributed by atoms with Gasteiger partial charge >= 0.3 is 0 Å². The molecule has 11 heteroatoms. The molecule has 0 aliphatic heterocycles. The molecule has 1 amide bonds. The molecule has 0 saturated heterocycles. The van der Waals surface area contributed by atoms with E-state index in [0.717, 1.165) is 22.7 Å². The molecular formula is C24H16ClN5O4S. The second-order valence-electron chi connectivity index (χ2n) is 7.55. The lowest BCUT2D eigenvalue weighted by Crippen LogP contribution is -2.23. The molecule has 2 heterocycles. The smallest absolute Gasteiger partial charge is 0.283 e. The van der Waals surface area contributed by atoms with Gasteiger partial charge in [-0.3, -0.25) is 24.3 Å². The van der Waals surface area contributed by atoms with Crippen LogP contribution < -0.4 is 10.9 Å². The van der Waals surface area contributed by atoms with Crippen molar-refractivity contribution in [2.24, 2.45) is 0 Å². The summed E-state index contributed by atoms with van der Waals surface area (Å²) >= 11 is 7.14. The summed E-state index contributed by atoms with van der Waals surface area (Å²) in [5.74, 6) is -0.384. The topological polar surface area (TPSA) is 123 Å². The Hall–Kier alpha value is -4.15. The van der Waals surface area contributed by atoms with Crippen molar-refractivity contribution in [2.75, 3.05) is 11.1 Å². The van der Waals surface area contributed by atoms with E-state index in [1.54, 1.807) is 24.3 Å². The maximum atomic E-state index is 13.5. The normalized spacial score (nSPS) is 11.1. The maximum Gasteiger partial charge on any atom is 0.283 e. The van der Waals surface area contributed by atoms with Gasteiger partial charge in [0.2, 0.25) is 5.91 Å². The number of amides is 1. The molecule has 9 nitrogen and oxygen atoms in total. The summed E-state index contributed by atoms with van der Waals surface area (Å²) in [6.45, 7) is 0. The number of hydrogen-bond acceptors (Lipinski definition) is 6. The Kier molecular flexibility index (Phi) is 5.98. The van der Waals surface area contributed by atoms with Crippen molar-refractivity contribution in [1.29, 1.82) is 0 Å². The summed E-state index contributed by atoms with van der Waals surface area (Å²) in [7, 11) is 0. The zero-order valence-corrected chi connectivity index (χ0v) is 19.5. The highest BCUT2D eigenvalue weighted by atomic mass is 35.5. The van der Waals surface area contributed by atoms with Crippen molar-refractivity contribution >= 4 is 62.6 Å². The number of nitro groups is 1. The van der Waals surface area contributed by atoms with Gasteiger partial charge in [0, 0.05) is 33.7 Å².